The van der Waals surface area contributed by atoms with Crippen LogP contribution < -0.4 is 11.1 Å². The Morgan fingerprint density at radius 1 is 1.08 bits per heavy atom. The van der Waals surface area contributed by atoms with Crippen LogP contribution in [0.15, 0.2) is 54.6 Å². The topological polar surface area (TPSA) is 101 Å². The highest BCUT2D eigenvalue weighted by atomic mass is 19.1. The van der Waals surface area contributed by atoms with Gasteiger partial charge in [-0.15, -0.1) is 0 Å². The van der Waals surface area contributed by atoms with E-state index in [9.17, 15) is 14.0 Å². The van der Waals surface area contributed by atoms with Gasteiger partial charge in [-0.2, -0.15) is 5.10 Å². The lowest BCUT2D eigenvalue weighted by atomic mass is 10.1. The van der Waals surface area contributed by atoms with E-state index in [1.54, 1.807) is 30.3 Å². The molecule has 3 aromatic rings. The molecule has 0 aliphatic heterocycles. The van der Waals surface area contributed by atoms with Crippen molar-refractivity contribution in [1.82, 2.24) is 10.2 Å². The number of hydrogen-bond donors (Lipinski definition) is 3. The van der Waals surface area contributed by atoms with Crippen molar-refractivity contribution < 1.29 is 14.0 Å². The number of nitrogens with one attached hydrogen (secondary N) is 2. The van der Waals surface area contributed by atoms with Gasteiger partial charge in [0.05, 0.1) is 16.9 Å². The van der Waals surface area contributed by atoms with E-state index < -0.39 is 11.8 Å². The fraction of sp³-hybridized carbons (Fsp3) is 0. The van der Waals surface area contributed by atoms with Gasteiger partial charge in [0, 0.05) is 5.56 Å². The second-order valence-electron chi connectivity index (χ2n) is 5.04. The number of aromatic amines is 1. The molecule has 0 saturated heterocycles. The lowest BCUT2D eigenvalue weighted by molar-refractivity contribution is 0.100. The molecule has 0 aliphatic rings. The number of halogens is 1. The number of hydrogen-bond acceptors (Lipinski definition) is 3. The highest BCUT2D eigenvalue weighted by Crippen LogP contribution is 2.19. The Morgan fingerprint density at radius 2 is 1.79 bits per heavy atom. The lowest BCUT2D eigenvalue weighted by Gasteiger charge is -2.07. The number of anilines is 1. The standard InChI is InChI=1S/C17H13FN4O2/c18-11-7-5-10(6-8-11)14-9-15(22-21-14)17(24)20-13-4-2-1-3-12(13)16(19)23/h1-9H,(H2,19,23)(H,20,24)(H,21,22). The molecular weight excluding hydrogens is 311 g/mol. The van der Waals surface area contributed by atoms with E-state index in [1.807, 2.05) is 0 Å². The van der Waals surface area contributed by atoms with Crippen LogP contribution >= 0.6 is 0 Å². The highest BCUT2D eigenvalue weighted by molar-refractivity contribution is 6.08. The maximum absolute atomic E-state index is 13.0. The third kappa shape index (κ3) is 3.14. The van der Waals surface area contributed by atoms with Crippen LogP contribution in [0.1, 0.15) is 20.8 Å². The van der Waals surface area contributed by atoms with E-state index in [-0.39, 0.29) is 17.1 Å². The summed E-state index contributed by atoms with van der Waals surface area (Å²) in [5.74, 6) is -1.46. The summed E-state index contributed by atoms with van der Waals surface area (Å²) < 4.78 is 13.0. The van der Waals surface area contributed by atoms with Crippen molar-refractivity contribution in [2.24, 2.45) is 5.73 Å². The smallest absolute Gasteiger partial charge is 0.273 e. The van der Waals surface area contributed by atoms with Crippen molar-refractivity contribution >= 4 is 17.5 Å². The van der Waals surface area contributed by atoms with Gasteiger partial charge >= 0.3 is 0 Å². The van der Waals surface area contributed by atoms with Crippen LogP contribution in [0.2, 0.25) is 0 Å². The number of aromatic nitrogens is 2. The number of carbonyl (C=O) groups excluding carboxylic acids is 2. The van der Waals surface area contributed by atoms with E-state index in [2.05, 4.69) is 15.5 Å². The predicted octanol–water partition coefficient (Wildman–Crippen LogP) is 2.57. The lowest BCUT2D eigenvalue weighted by Crippen LogP contribution is -2.18. The summed E-state index contributed by atoms with van der Waals surface area (Å²) >= 11 is 0. The first kappa shape index (κ1) is 15.4. The molecule has 120 valence electrons. The molecule has 1 aromatic heterocycles. The molecule has 24 heavy (non-hydrogen) atoms. The third-order valence-corrected chi connectivity index (χ3v) is 3.40. The zero-order chi connectivity index (χ0) is 17.1. The largest absolute Gasteiger partial charge is 0.366 e. The van der Waals surface area contributed by atoms with Crippen molar-refractivity contribution in [2.45, 2.75) is 0 Å². The summed E-state index contributed by atoms with van der Waals surface area (Å²) in [6.45, 7) is 0. The van der Waals surface area contributed by atoms with Crippen LogP contribution in [-0.2, 0) is 0 Å². The van der Waals surface area contributed by atoms with Crippen molar-refractivity contribution in [3.05, 3.63) is 71.7 Å². The fourth-order valence-electron chi connectivity index (χ4n) is 2.20. The van der Waals surface area contributed by atoms with Gasteiger partial charge in [0.1, 0.15) is 11.5 Å². The van der Waals surface area contributed by atoms with Crippen molar-refractivity contribution in [3.63, 3.8) is 0 Å². The van der Waals surface area contributed by atoms with Crippen molar-refractivity contribution in [1.29, 1.82) is 0 Å². The van der Waals surface area contributed by atoms with Crippen LogP contribution in [0.25, 0.3) is 11.3 Å². The highest BCUT2D eigenvalue weighted by Gasteiger charge is 2.14. The predicted molar refractivity (Wildman–Crippen MR) is 86.9 cm³/mol. The zero-order valence-corrected chi connectivity index (χ0v) is 12.4. The number of rotatable bonds is 4. The van der Waals surface area contributed by atoms with E-state index in [0.717, 1.165) is 0 Å². The van der Waals surface area contributed by atoms with Gasteiger partial charge in [-0.25, -0.2) is 4.39 Å². The van der Waals surface area contributed by atoms with Gasteiger partial charge in [-0.1, -0.05) is 12.1 Å². The molecule has 0 radical (unpaired) electrons. The Kier molecular flexibility index (Phi) is 4.07. The van der Waals surface area contributed by atoms with E-state index in [0.29, 0.717) is 16.9 Å². The summed E-state index contributed by atoms with van der Waals surface area (Å²) in [4.78, 5) is 23.7. The van der Waals surface area contributed by atoms with Gasteiger partial charge in [-0.05, 0) is 42.5 Å². The van der Waals surface area contributed by atoms with Crippen LogP contribution in [0.3, 0.4) is 0 Å². The van der Waals surface area contributed by atoms with Gasteiger partial charge in [0.25, 0.3) is 11.8 Å². The second-order valence-corrected chi connectivity index (χ2v) is 5.04. The molecule has 4 N–H and O–H groups in total. The molecule has 7 heteroatoms. The Hall–Kier alpha value is -3.48. The first-order valence-electron chi connectivity index (χ1n) is 7.06. The summed E-state index contributed by atoms with van der Waals surface area (Å²) in [5.41, 5.74) is 7.18. The van der Waals surface area contributed by atoms with Gasteiger partial charge < -0.3 is 11.1 Å². The first-order valence-corrected chi connectivity index (χ1v) is 7.06. The van der Waals surface area contributed by atoms with Gasteiger partial charge in [0.15, 0.2) is 0 Å². The number of nitrogens with zero attached hydrogens (tertiary/aromatic N) is 1. The molecule has 0 unspecified atom stereocenters. The Balaban J connectivity index is 1.82. The fourth-order valence-corrected chi connectivity index (χ4v) is 2.20. The quantitative estimate of drug-likeness (QED) is 0.687. The first-order chi connectivity index (χ1) is 11.5. The number of nitrogens with two attached hydrogens (primary N) is 1. The zero-order valence-electron chi connectivity index (χ0n) is 12.4. The molecule has 2 aromatic carbocycles. The Bertz CT molecular complexity index is 903. The number of amides is 2. The summed E-state index contributed by atoms with van der Waals surface area (Å²) in [7, 11) is 0. The Morgan fingerprint density at radius 3 is 2.50 bits per heavy atom. The van der Waals surface area contributed by atoms with Crippen LogP contribution in [0, 0.1) is 5.82 Å². The summed E-state index contributed by atoms with van der Waals surface area (Å²) in [5, 5.41) is 9.26. The average molecular weight is 324 g/mol. The molecule has 1 heterocycles. The molecule has 6 nitrogen and oxygen atoms in total. The summed E-state index contributed by atoms with van der Waals surface area (Å²) in [6, 6.07) is 13.7. The van der Waals surface area contributed by atoms with Crippen LogP contribution in [0.4, 0.5) is 10.1 Å². The van der Waals surface area contributed by atoms with E-state index in [1.165, 1.54) is 24.3 Å². The van der Waals surface area contributed by atoms with Crippen molar-refractivity contribution in [2.75, 3.05) is 5.32 Å². The molecular formula is C17H13FN4O2. The minimum Gasteiger partial charge on any atom is -0.366 e. The van der Waals surface area contributed by atoms with Gasteiger partial charge in [0.2, 0.25) is 0 Å². The third-order valence-electron chi connectivity index (χ3n) is 3.40. The normalized spacial score (nSPS) is 10.4. The van der Waals surface area contributed by atoms with Crippen molar-refractivity contribution in [3.8, 4) is 11.3 Å². The molecule has 3 rings (SSSR count). The van der Waals surface area contributed by atoms with E-state index >= 15 is 0 Å². The minimum atomic E-state index is -0.637. The molecule has 0 fully saturated rings. The van der Waals surface area contributed by atoms with Crippen LogP contribution in [-0.4, -0.2) is 22.0 Å². The summed E-state index contributed by atoms with van der Waals surface area (Å²) in [6.07, 6.45) is 0. The van der Waals surface area contributed by atoms with Gasteiger partial charge in [-0.3, -0.25) is 14.7 Å². The molecule has 2 amide bonds. The minimum absolute atomic E-state index is 0.202. The number of benzene rings is 2. The molecule has 0 atom stereocenters. The number of carbonyl (C=O) groups is 2. The molecule has 0 aliphatic carbocycles. The molecule has 0 spiro atoms. The number of primary amides is 1. The Labute approximate surface area is 136 Å². The average Bonchev–Trinajstić information content (AvgIpc) is 3.06. The SMILES string of the molecule is NC(=O)c1ccccc1NC(=O)c1cc(-c2ccc(F)cc2)n[nH]1. The second kappa shape index (κ2) is 6.33. The molecule has 0 bridgehead atoms. The molecule has 0 saturated carbocycles. The van der Waals surface area contributed by atoms with E-state index in [4.69, 9.17) is 5.73 Å². The number of H-pyrrole nitrogens is 1. The maximum Gasteiger partial charge on any atom is 0.273 e. The van der Waals surface area contributed by atoms with Crippen LogP contribution in [0.5, 0.6) is 0 Å². The number of para-hydroxylation sites is 1. The maximum atomic E-state index is 13.0. The monoisotopic (exact) mass is 324 g/mol.